The van der Waals surface area contributed by atoms with Crippen LogP contribution in [0.25, 0.3) is 0 Å². The molecule has 19 heavy (non-hydrogen) atoms. The molecule has 1 heterocycles. The van der Waals surface area contributed by atoms with Gasteiger partial charge < -0.3 is 9.73 Å². The van der Waals surface area contributed by atoms with Crippen molar-refractivity contribution >= 4 is 0 Å². The molecule has 2 rings (SSSR count). The summed E-state index contributed by atoms with van der Waals surface area (Å²) in [6.07, 6.45) is 10.3. The number of rotatable bonds is 5. The number of nitrogens with one attached hydrogen (secondary N) is 1. The molecular formula is C17H29NO. The Kier molecular flexibility index (Phi) is 4.72. The van der Waals surface area contributed by atoms with E-state index in [4.69, 9.17) is 4.42 Å². The van der Waals surface area contributed by atoms with E-state index in [9.17, 15) is 0 Å². The number of hydrogen-bond donors (Lipinski definition) is 1. The second kappa shape index (κ2) is 6.13. The molecule has 1 aromatic heterocycles. The fraction of sp³-hybridized carbons (Fsp3) is 0.765. The van der Waals surface area contributed by atoms with E-state index in [0.717, 1.165) is 5.92 Å². The van der Waals surface area contributed by atoms with Crippen LogP contribution < -0.4 is 5.32 Å². The van der Waals surface area contributed by atoms with Gasteiger partial charge in [-0.3, -0.25) is 0 Å². The Labute approximate surface area is 118 Å². The molecule has 0 bridgehead atoms. The molecule has 108 valence electrons. The molecule has 0 amide bonds. The molecule has 1 fully saturated rings. The van der Waals surface area contributed by atoms with Crippen LogP contribution in [0.1, 0.15) is 71.4 Å². The predicted molar refractivity (Wildman–Crippen MR) is 80.1 cm³/mol. The zero-order valence-corrected chi connectivity index (χ0v) is 12.9. The molecule has 1 unspecified atom stereocenters. The molecule has 1 N–H and O–H groups in total. The summed E-state index contributed by atoms with van der Waals surface area (Å²) >= 11 is 0. The Morgan fingerprint density at radius 3 is 2.53 bits per heavy atom. The maximum Gasteiger partial charge on any atom is 0.0950 e. The Balaban J connectivity index is 1.81. The van der Waals surface area contributed by atoms with Crippen molar-refractivity contribution in [2.24, 2.45) is 11.3 Å². The van der Waals surface area contributed by atoms with Gasteiger partial charge >= 0.3 is 0 Å². The lowest BCUT2D eigenvalue weighted by Crippen LogP contribution is -2.37. The number of furan rings is 1. The Hall–Kier alpha value is -0.760. The van der Waals surface area contributed by atoms with Crippen LogP contribution in [0.5, 0.6) is 0 Å². The average Bonchev–Trinajstić information content (AvgIpc) is 2.93. The molecule has 1 aliphatic carbocycles. The molecule has 0 aromatic carbocycles. The summed E-state index contributed by atoms with van der Waals surface area (Å²) in [5.41, 5.74) is 1.78. The van der Waals surface area contributed by atoms with Crippen molar-refractivity contribution in [3.05, 3.63) is 24.2 Å². The van der Waals surface area contributed by atoms with Gasteiger partial charge in [0, 0.05) is 17.6 Å². The third-order valence-electron chi connectivity index (χ3n) is 5.27. The van der Waals surface area contributed by atoms with Gasteiger partial charge in [-0.25, -0.2) is 0 Å². The Bertz CT molecular complexity index is 361. The fourth-order valence-corrected chi connectivity index (χ4v) is 3.30. The Morgan fingerprint density at radius 2 is 2.00 bits per heavy atom. The van der Waals surface area contributed by atoms with Gasteiger partial charge in [-0.2, -0.15) is 0 Å². The summed E-state index contributed by atoms with van der Waals surface area (Å²) in [6, 6.07) is 3.14. The molecule has 0 aliphatic heterocycles. The lowest BCUT2D eigenvalue weighted by Gasteiger charge is -2.39. The van der Waals surface area contributed by atoms with E-state index in [1.807, 2.05) is 6.26 Å². The van der Waals surface area contributed by atoms with Crippen molar-refractivity contribution < 1.29 is 4.42 Å². The smallest absolute Gasteiger partial charge is 0.0950 e. The van der Waals surface area contributed by atoms with Crippen molar-refractivity contribution in [3.8, 4) is 0 Å². The zero-order chi connectivity index (χ0) is 13.9. The topological polar surface area (TPSA) is 25.2 Å². The van der Waals surface area contributed by atoms with E-state index in [1.165, 1.54) is 37.7 Å². The van der Waals surface area contributed by atoms with E-state index >= 15 is 0 Å². The lowest BCUT2D eigenvalue weighted by molar-refractivity contribution is 0.134. The van der Waals surface area contributed by atoms with Crippen molar-refractivity contribution in [1.82, 2.24) is 5.32 Å². The van der Waals surface area contributed by atoms with Crippen LogP contribution in [0.4, 0.5) is 0 Å². The van der Waals surface area contributed by atoms with Crippen molar-refractivity contribution in [2.75, 3.05) is 0 Å². The molecule has 2 nitrogen and oxygen atoms in total. The highest BCUT2D eigenvalue weighted by atomic mass is 16.3. The van der Waals surface area contributed by atoms with E-state index in [0.29, 0.717) is 17.5 Å². The normalized spacial score (nSPS) is 26.3. The van der Waals surface area contributed by atoms with Gasteiger partial charge in [-0.15, -0.1) is 0 Å². The van der Waals surface area contributed by atoms with Gasteiger partial charge in [0.15, 0.2) is 0 Å². The minimum atomic E-state index is 0.402. The largest absolute Gasteiger partial charge is 0.472 e. The van der Waals surface area contributed by atoms with E-state index in [-0.39, 0.29) is 0 Å². The predicted octanol–water partition coefficient (Wildman–Crippen LogP) is 4.93. The maximum absolute atomic E-state index is 5.16. The standard InChI is InChI=1S/C17H29NO/c1-5-17(3,4)15-6-8-16(9-7-15)18-13(2)14-10-11-19-12-14/h10-13,15-16,18H,5-9H2,1-4H3. The maximum atomic E-state index is 5.16. The molecule has 1 atom stereocenters. The third kappa shape index (κ3) is 3.62. The molecule has 0 radical (unpaired) electrons. The van der Waals surface area contributed by atoms with Crippen molar-refractivity contribution in [1.29, 1.82) is 0 Å². The summed E-state index contributed by atoms with van der Waals surface area (Å²) in [4.78, 5) is 0. The first-order valence-corrected chi connectivity index (χ1v) is 7.81. The summed E-state index contributed by atoms with van der Waals surface area (Å²) in [5.74, 6) is 0.903. The molecule has 2 heteroatoms. The monoisotopic (exact) mass is 263 g/mol. The number of hydrogen-bond acceptors (Lipinski definition) is 2. The summed E-state index contributed by atoms with van der Waals surface area (Å²) < 4.78 is 5.16. The second-order valence-corrected chi connectivity index (χ2v) is 6.84. The Morgan fingerprint density at radius 1 is 1.32 bits per heavy atom. The first-order valence-electron chi connectivity index (χ1n) is 7.81. The van der Waals surface area contributed by atoms with Crippen LogP contribution in [0.2, 0.25) is 0 Å². The highest BCUT2D eigenvalue weighted by Gasteiger charge is 2.32. The summed E-state index contributed by atoms with van der Waals surface area (Å²) in [6.45, 7) is 9.41. The first kappa shape index (κ1) is 14.6. The van der Waals surface area contributed by atoms with Gasteiger partial charge in [0.25, 0.3) is 0 Å². The van der Waals surface area contributed by atoms with Crippen LogP contribution in [0, 0.1) is 11.3 Å². The highest BCUT2D eigenvalue weighted by Crippen LogP contribution is 2.40. The van der Waals surface area contributed by atoms with Gasteiger partial charge in [-0.1, -0.05) is 27.2 Å². The van der Waals surface area contributed by atoms with Crippen LogP contribution >= 0.6 is 0 Å². The molecule has 1 saturated carbocycles. The van der Waals surface area contributed by atoms with Crippen molar-refractivity contribution in [3.63, 3.8) is 0 Å². The molecule has 0 spiro atoms. The summed E-state index contributed by atoms with van der Waals surface area (Å²) in [7, 11) is 0. The van der Waals surface area contributed by atoms with Crippen molar-refractivity contribution in [2.45, 2.75) is 71.9 Å². The molecular weight excluding hydrogens is 234 g/mol. The van der Waals surface area contributed by atoms with Gasteiger partial charge in [0.2, 0.25) is 0 Å². The summed E-state index contributed by atoms with van der Waals surface area (Å²) in [5, 5.41) is 3.75. The minimum absolute atomic E-state index is 0.402. The zero-order valence-electron chi connectivity index (χ0n) is 12.9. The quantitative estimate of drug-likeness (QED) is 0.815. The van der Waals surface area contributed by atoms with E-state index in [2.05, 4.69) is 39.1 Å². The van der Waals surface area contributed by atoms with Crippen LogP contribution in [-0.4, -0.2) is 6.04 Å². The molecule has 1 aliphatic rings. The van der Waals surface area contributed by atoms with E-state index < -0.39 is 0 Å². The van der Waals surface area contributed by atoms with Crippen LogP contribution in [-0.2, 0) is 0 Å². The SMILES string of the molecule is CCC(C)(C)C1CCC(NC(C)c2ccoc2)CC1. The first-order chi connectivity index (χ1) is 9.03. The van der Waals surface area contributed by atoms with Gasteiger partial charge in [0.1, 0.15) is 0 Å². The van der Waals surface area contributed by atoms with E-state index in [1.54, 1.807) is 6.26 Å². The molecule has 0 saturated heterocycles. The fourth-order valence-electron chi connectivity index (χ4n) is 3.30. The average molecular weight is 263 g/mol. The second-order valence-electron chi connectivity index (χ2n) is 6.84. The molecule has 1 aromatic rings. The third-order valence-corrected chi connectivity index (χ3v) is 5.27. The van der Waals surface area contributed by atoms with Gasteiger partial charge in [-0.05, 0) is 50.0 Å². The lowest BCUT2D eigenvalue weighted by atomic mass is 9.69. The minimum Gasteiger partial charge on any atom is -0.472 e. The van der Waals surface area contributed by atoms with Gasteiger partial charge in [0.05, 0.1) is 12.5 Å². The highest BCUT2D eigenvalue weighted by molar-refractivity contribution is 5.10. The van der Waals surface area contributed by atoms with Crippen LogP contribution in [0.15, 0.2) is 23.0 Å². The van der Waals surface area contributed by atoms with Crippen LogP contribution in [0.3, 0.4) is 0 Å².